The summed E-state index contributed by atoms with van der Waals surface area (Å²) >= 11 is 6.05. The van der Waals surface area contributed by atoms with Crippen LogP contribution >= 0.6 is 11.6 Å². The number of carbonyl (C=O) groups is 1. The molecule has 1 amide bonds. The van der Waals surface area contributed by atoms with Crippen LogP contribution in [0, 0.1) is 0 Å². The summed E-state index contributed by atoms with van der Waals surface area (Å²) in [7, 11) is 1.80. The summed E-state index contributed by atoms with van der Waals surface area (Å²) in [5.74, 6) is 0.352. The monoisotopic (exact) mass is 474 g/mol. The fraction of sp³-hybridized carbons (Fsp3) is 0.296. The smallest absolute Gasteiger partial charge is 0.272 e. The number of hydrogen-bond donors (Lipinski definition) is 1. The lowest BCUT2D eigenvalue weighted by Gasteiger charge is -2.22. The lowest BCUT2D eigenvalue weighted by atomic mass is 9.95. The van der Waals surface area contributed by atoms with Crippen molar-refractivity contribution >= 4 is 28.5 Å². The van der Waals surface area contributed by atoms with E-state index in [0.29, 0.717) is 28.9 Å². The van der Waals surface area contributed by atoms with Crippen molar-refractivity contribution in [2.45, 2.75) is 44.8 Å². The van der Waals surface area contributed by atoms with Crippen LogP contribution < -0.4 is 10.1 Å². The third-order valence-corrected chi connectivity index (χ3v) is 6.62. The van der Waals surface area contributed by atoms with Gasteiger partial charge in [-0.2, -0.15) is 10.1 Å². The molecule has 0 aliphatic heterocycles. The molecule has 1 fully saturated rings. The predicted molar refractivity (Wildman–Crippen MR) is 134 cm³/mol. The first-order valence-corrected chi connectivity index (χ1v) is 12.1. The number of aryl methyl sites for hydroxylation is 1. The Morgan fingerprint density at radius 2 is 1.82 bits per heavy atom. The summed E-state index contributed by atoms with van der Waals surface area (Å²) in [4.78, 5) is 17.5. The second kappa shape index (κ2) is 9.85. The zero-order valence-corrected chi connectivity index (χ0v) is 19.9. The van der Waals surface area contributed by atoms with Crippen LogP contribution in [0.3, 0.4) is 0 Å². The highest BCUT2D eigenvalue weighted by atomic mass is 35.5. The van der Waals surface area contributed by atoms with Gasteiger partial charge in [0.05, 0.1) is 5.39 Å². The van der Waals surface area contributed by atoms with Gasteiger partial charge in [-0.3, -0.25) is 4.79 Å². The lowest BCUT2D eigenvalue weighted by molar-refractivity contribution is 0.0923. The highest BCUT2D eigenvalue weighted by Crippen LogP contribution is 2.27. The molecule has 7 heteroatoms. The molecular formula is C27H27ClN4O2. The maximum absolute atomic E-state index is 12.9. The average molecular weight is 475 g/mol. The number of aromatic nitrogens is 3. The van der Waals surface area contributed by atoms with Crippen molar-refractivity contribution < 1.29 is 9.53 Å². The molecule has 2 heterocycles. The second-order valence-electron chi connectivity index (χ2n) is 8.75. The first-order valence-electron chi connectivity index (χ1n) is 11.7. The number of nitrogens with zero attached hydrogens (tertiary/aromatic N) is 3. The summed E-state index contributed by atoms with van der Waals surface area (Å²) in [6.07, 6.45) is 5.64. The Kier molecular flexibility index (Phi) is 6.50. The topological polar surface area (TPSA) is 69.0 Å². The molecule has 1 aliphatic carbocycles. The number of halogens is 1. The van der Waals surface area contributed by atoms with Gasteiger partial charge in [0.2, 0.25) is 5.88 Å². The number of fused-ring (bicyclic) bond motifs is 1. The van der Waals surface area contributed by atoms with Gasteiger partial charge in [0.15, 0.2) is 11.3 Å². The lowest BCUT2D eigenvalue weighted by Crippen LogP contribution is -2.36. The fourth-order valence-corrected chi connectivity index (χ4v) is 4.70. The molecule has 0 unspecified atom stereocenters. The number of pyridine rings is 1. The molecule has 2 aromatic carbocycles. The Morgan fingerprint density at radius 3 is 2.62 bits per heavy atom. The first-order chi connectivity index (χ1) is 16.6. The standard InChI is InChI=1S/C27H27ClN4O2/c1-32-26-23(25(31-32)27(33)29-21-8-3-2-4-9-21)15-16-24(30-26)34-17-19-7-5-6-10-22(19)18-11-13-20(28)14-12-18/h5-7,10-16,21H,2-4,8-9,17H2,1H3,(H,29,33). The van der Waals surface area contributed by atoms with E-state index in [1.54, 1.807) is 17.8 Å². The molecule has 1 N–H and O–H groups in total. The molecule has 0 spiro atoms. The number of hydrogen-bond acceptors (Lipinski definition) is 4. The van der Waals surface area contributed by atoms with Crippen LogP contribution in [0.2, 0.25) is 5.02 Å². The summed E-state index contributed by atoms with van der Waals surface area (Å²) in [6.45, 7) is 0.365. The van der Waals surface area contributed by atoms with E-state index in [1.165, 1.54) is 6.42 Å². The molecule has 5 rings (SSSR count). The van der Waals surface area contributed by atoms with Gasteiger partial charge in [-0.1, -0.05) is 67.3 Å². The van der Waals surface area contributed by atoms with E-state index >= 15 is 0 Å². The zero-order chi connectivity index (χ0) is 23.5. The fourth-order valence-electron chi connectivity index (χ4n) is 4.57. The van der Waals surface area contributed by atoms with E-state index in [-0.39, 0.29) is 11.9 Å². The number of amides is 1. The van der Waals surface area contributed by atoms with E-state index in [0.717, 1.165) is 47.8 Å². The third-order valence-electron chi connectivity index (χ3n) is 6.36. The van der Waals surface area contributed by atoms with Crippen LogP contribution in [0.5, 0.6) is 5.88 Å². The highest BCUT2D eigenvalue weighted by molar-refractivity contribution is 6.30. The number of carbonyl (C=O) groups excluding carboxylic acids is 1. The molecule has 0 saturated heterocycles. The summed E-state index contributed by atoms with van der Waals surface area (Å²) in [5, 5.41) is 9.03. The normalized spacial score (nSPS) is 14.3. The van der Waals surface area contributed by atoms with Gasteiger partial charge in [-0.05, 0) is 47.7 Å². The minimum atomic E-state index is -0.134. The van der Waals surface area contributed by atoms with Gasteiger partial charge in [0, 0.05) is 24.2 Å². The van der Waals surface area contributed by atoms with E-state index in [4.69, 9.17) is 16.3 Å². The molecule has 0 atom stereocenters. The maximum atomic E-state index is 12.9. The average Bonchev–Trinajstić information content (AvgIpc) is 3.20. The molecule has 174 valence electrons. The number of rotatable bonds is 6. The second-order valence-corrected chi connectivity index (χ2v) is 9.19. The minimum Gasteiger partial charge on any atom is -0.473 e. The Labute approximate surface area is 203 Å². The Bertz CT molecular complexity index is 1310. The number of nitrogens with one attached hydrogen (secondary N) is 1. The molecule has 6 nitrogen and oxygen atoms in total. The molecule has 0 radical (unpaired) electrons. The number of ether oxygens (including phenoxy) is 1. The first kappa shape index (κ1) is 22.4. The van der Waals surface area contributed by atoms with Gasteiger partial charge in [-0.25, -0.2) is 4.68 Å². The van der Waals surface area contributed by atoms with Crippen molar-refractivity contribution in [1.29, 1.82) is 0 Å². The molecule has 34 heavy (non-hydrogen) atoms. The van der Waals surface area contributed by atoms with Crippen LogP contribution in [0.25, 0.3) is 22.2 Å². The Hall–Kier alpha value is -3.38. The van der Waals surface area contributed by atoms with E-state index in [9.17, 15) is 4.79 Å². The zero-order valence-electron chi connectivity index (χ0n) is 19.1. The van der Waals surface area contributed by atoms with Gasteiger partial charge in [0.25, 0.3) is 5.91 Å². The van der Waals surface area contributed by atoms with Crippen molar-refractivity contribution in [3.8, 4) is 17.0 Å². The van der Waals surface area contributed by atoms with Crippen molar-refractivity contribution in [2.75, 3.05) is 0 Å². The maximum Gasteiger partial charge on any atom is 0.272 e. The van der Waals surface area contributed by atoms with Gasteiger partial charge in [0.1, 0.15) is 6.61 Å². The van der Waals surface area contributed by atoms with Crippen molar-refractivity contribution in [2.24, 2.45) is 7.05 Å². The third kappa shape index (κ3) is 4.77. The van der Waals surface area contributed by atoms with E-state index < -0.39 is 0 Å². The van der Waals surface area contributed by atoms with Crippen LogP contribution in [-0.4, -0.2) is 26.7 Å². The van der Waals surface area contributed by atoms with E-state index in [1.807, 2.05) is 48.5 Å². The summed E-state index contributed by atoms with van der Waals surface area (Å²) in [6, 6.07) is 19.8. The molecule has 0 bridgehead atoms. The van der Waals surface area contributed by atoms with Crippen LogP contribution in [-0.2, 0) is 13.7 Å². The predicted octanol–water partition coefficient (Wildman–Crippen LogP) is 5.93. The SMILES string of the molecule is Cn1nc(C(=O)NC2CCCCC2)c2ccc(OCc3ccccc3-c3ccc(Cl)cc3)nc21. The van der Waals surface area contributed by atoms with Gasteiger partial charge in [-0.15, -0.1) is 0 Å². The molecular weight excluding hydrogens is 448 g/mol. The number of benzene rings is 2. The van der Waals surface area contributed by atoms with Crippen LogP contribution in [0.15, 0.2) is 60.7 Å². The Morgan fingerprint density at radius 1 is 1.06 bits per heavy atom. The highest BCUT2D eigenvalue weighted by Gasteiger charge is 2.22. The van der Waals surface area contributed by atoms with Crippen molar-refractivity contribution in [3.63, 3.8) is 0 Å². The Balaban J connectivity index is 1.34. The van der Waals surface area contributed by atoms with Gasteiger partial charge >= 0.3 is 0 Å². The van der Waals surface area contributed by atoms with Crippen molar-refractivity contribution in [3.05, 3.63) is 76.9 Å². The summed E-state index contributed by atoms with van der Waals surface area (Å²) < 4.78 is 7.69. The largest absolute Gasteiger partial charge is 0.473 e. The van der Waals surface area contributed by atoms with Crippen LogP contribution in [0.4, 0.5) is 0 Å². The minimum absolute atomic E-state index is 0.134. The van der Waals surface area contributed by atoms with Crippen LogP contribution in [0.1, 0.15) is 48.2 Å². The summed E-state index contributed by atoms with van der Waals surface area (Å²) in [5.41, 5.74) is 4.24. The van der Waals surface area contributed by atoms with Gasteiger partial charge < -0.3 is 10.1 Å². The molecule has 1 saturated carbocycles. The van der Waals surface area contributed by atoms with E-state index in [2.05, 4.69) is 21.5 Å². The molecule has 1 aliphatic rings. The molecule has 2 aromatic heterocycles. The molecule has 4 aromatic rings. The quantitative estimate of drug-likeness (QED) is 0.376. The van der Waals surface area contributed by atoms with Crippen molar-refractivity contribution in [1.82, 2.24) is 20.1 Å².